The number of aryl methyl sites for hydroxylation is 2. The van der Waals surface area contributed by atoms with Crippen LogP contribution in [0, 0.1) is 6.92 Å². The van der Waals surface area contributed by atoms with E-state index in [2.05, 4.69) is 0 Å². The van der Waals surface area contributed by atoms with E-state index >= 15 is 0 Å². The second kappa shape index (κ2) is 5.19. The summed E-state index contributed by atoms with van der Waals surface area (Å²) >= 11 is 5.66. The van der Waals surface area contributed by atoms with E-state index in [-0.39, 0.29) is 5.43 Å². The average Bonchev–Trinajstić information content (AvgIpc) is 2.33. The van der Waals surface area contributed by atoms with Gasteiger partial charge >= 0.3 is 0 Å². The van der Waals surface area contributed by atoms with Gasteiger partial charge in [0, 0.05) is 11.4 Å². The minimum atomic E-state index is 0.00574. The van der Waals surface area contributed by atoms with Crippen molar-refractivity contribution in [3.63, 3.8) is 0 Å². The Labute approximate surface area is 105 Å². The van der Waals surface area contributed by atoms with E-state index in [1.165, 1.54) is 12.5 Å². The zero-order valence-electron chi connectivity index (χ0n) is 9.57. The van der Waals surface area contributed by atoms with Gasteiger partial charge in [-0.05, 0) is 24.5 Å². The summed E-state index contributed by atoms with van der Waals surface area (Å²) in [5.41, 5.74) is 3.21. The molecule has 1 aromatic carbocycles. The molecule has 0 spiro atoms. The molecule has 0 saturated carbocycles. The van der Waals surface area contributed by atoms with Gasteiger partial charge in [0.15, 0.2) is 5.43 Å². The molecule has 0 unspecified atom stereocenters. The standard InChI is InChI=1S/C14H13ClO2/c1-10-4-2-3-5-12(10)13-9-17-8-11(6-7-15)14(13)16/h2-5,8-9H,6-7H2,1H3. The summed E-state index contributed by atoms with van der Waals surface area (Å²) in [6.07, 6.45) is 3.51. The van der Waals surface area contributed by atoms with Crippen molar-refractivity contribution in [2.75, 3.05) is 5.88 Å². The van der Waals surface area contributed by atoms with E-state index in [4.69, 9.17) is 16.0 Å². The fourth-order valence-electron chi connectivity index (χ4n) is 1.80. The number of rotatable bonds is 3. The molecule has 0 saturated heterocycles. The van der Waals surface area contributed by atoms with Crippen LogP contribution in [0.5, 0.6) is 0 Å². The predicted molar refractivity (Wildman–Crippen MR) is 69.6 cm³/mol. The lowest BCUT2D eigenvalue weighted by Gasteiger charge is -2.05. The summed E-state index contributed by atoms with van der Waals surface area (Å²) in [6, 6.07) is 7.76. The van der Waals surface area contributed by atoms with Crippen LogP contribution < -0.4 is 5.43 Å². The zero-order chi connectivity index (χ0) is 12.3. The van der Waals surface area contributed by atoms with E-state index in [0.717, 1.165) is 11.1 Å². The lowest BCUT2D eigenvalue weighted by Crippen LogP contribution is -2.11. The van der Waals surface area contributed by atoms with Crippen molar-refractivity contribution in [2.45, 2.75) is 13.3 Å². The van der Waals surface area contributed by atoms with Crippen molar-refractivity contribution in [2.24, 2.45) is 0 Å². The molecular weight excluding hydrogens is 236 g/mol. The van der Waals surface area contributed by atoms with Crippen molar-refractivity contribution in [3.8, 4) is 11.1 Å². The normalized spacial score (nSPS) is 10.5. The number of hydrogen-bond donors (Lipinski definition) is 0. The second-order valence-electron chi connectivity index (χ2n) is 3.89. The molecule has 0 aliphatic carbocycles. The highest BCUT2D eigenvalue weighted by atomic mass is 35.5. The van der Waals surface area contributed by atoms with Gasteiger partial charge in [0.2, 0.25) is 0 Å². The summed E-state index contributed by atoms with van der Waals surface area (Å²) in [5.74, 6) is 0.419. The van der Waals surface area contributed by atoms with Crippen molar-refractivity contribution in [1.29, 1.82) is 0 Å². The molecule has 0 bridgehead atoms. The lowest BCUT2D eigenvalue weighted by atomic mass is 10.0. The SMILES string of the molecule is Cc1ccccc1-c1cocc(CCCl)c1=O. The molecule has 0 amide bonds. The maximum Gasteiger partial charge on any atom is 0.195 e. The van der Waals surface area contributed by atoms with Crippen molar-refractivity contribution >= 4 is 11.6 Å². The van der Waals surface area contributed by atoms with Gasteiger partial charge in [-0.3, -0.25) is 4.79 Å². The number of alkyl halides is 1. The van der Waals surface area contributed by atoms with Crippen molar-refractivity contribution in [1.82, 2.24) is 0 Å². The first kappa shape index (κ1) is 11.9. The maximum absolute atomic E-state index is 12.2. The molecule has 0 radical (unpaired) electrons. The van der Waals surface area contributed by atoms with Gasteiger partial charge in [-0.2, -0.15) is 0 Å². The van der Waals surface area contributed by atoms with Crippen LogP contribution in [0.3, 0.4) is 0 Å². The number of halogens is 1. The monoisotopic (exact) mass is 248 g/mol. The maximum atomic E-state index is 12.2. The largest absolute Gasteiger partial charge is 0.471 e. The summed E-state index contributed by atoms with van der Waals surface area (Å²) in [4.78, 5) is 12.2. The summed E-state index contributed by atoms with van der Waals surface area (Å²) in [6.45, 7) is 1.98. The molecule has 1 heterocycles. The molecule has 2 nitrogen and oxygen atoms in total. The Hall–Kier alpha value is -1.54. The van der Waals surface area contributed by atoms with Crippen LogP contribution in [0.4, 0.5) is 0 Å². The Bertz CT molecular complexity index is 572. The molecule has 0 aliphatic rings. The second-order valence-corrected chi connectivity index (χ2v) is 4.27. The molecule has 0 aliphatic heterocycles. The highest BCUT2D eigenvalue weighted by Gasteiger charge is 2.09. The number of benzene rings is 1. The fourth-order valence-corrected chi connectivity index (χ4v) is 2.00. The smallest absolute Gasteiger partial charge is 0.195 e. The number of hydrogen-bond acceptors (Lipinski definition) is 2. The first-order valence-electron chi connectivity index (χ1n) is 5.45. The summed E-state index contributed by atoms with van der Waals surface area (Å²) in [5, 5.41) is 0. The summed E-state index contributed by atoms with van der Waals surface area (Å²) in [7, 11) is 0. The van der Waals surface area contributed by atoms with Gasteiger partial charge in [0.25, 0.3) is 0 Å². The van der Waals surface area contributed by atoms with Gasteiger partial charge in [-0.15, -0.1) is 11.6 Å². The molecule has 17 heavy (non-hydrogen) atoms. The van der Waals surface area contributed by atoms with Crippen LogP contribution in [0.15, 0.2) is 46.0 Å². The highest BCUT2D eigenvalue weighted by Crippen LogP contribution is 2.20. The third-order valence-corrected chi connectivity index (χ3v) is 2.92. The lowest BCUT2D eigenvalue weighted by molar-refractivity contribution is 0.543. The van der Waals surface area contributed by atoms with Gasteiger partial charge < -0.3 is 4.42 Å². The molecular formula is C14H13ClO2. The first-order valence-corrected chi connectivity index (χ1v) is 5.99. The van der Waals surface area contributed by atoms with Crippen LogP contribution in [-0.2, 0) is 6.42 Å². The third kappa shape index (κ3) is 2.42. The van der Waals surface area contributed by atoms with Gasteiger partial charge in [0.05, 0.1) is 11.8 Å². The Kier molecular flexibility index (Phi) is 3.64. The minimum absolute atomic E-state index is 0.00574. The molecule has 2 aromatic rings. The summed E-state index contributed by atoms with van der Waals surface area (Å²) < 4.78 is 5.22. The van der Waals surface area contributed by atoms with Crippen LogP contribution in [0.25, 0.3) is 11.1 Å². The molecule has 0 N–H and O–H groups in total. The van der Waals surface area contributed by atoms with E-state index < -0.39 is 0 Å². The van der Waals surface area contributed by atoms with Crippen LogP contribution in [-0.4, -0.2) is 5.88 Å². The Balaban J connectivity index is 2.57. The quantitative estimate of drug-likeness (QED) is 0.780. The van der Waals surface area contributed by atoms with Crippen molar-refractivity contribution in [3.05, 3.63) is 58.1 Å². The zero-order valence-corrected chi connectivity index (χ0v) is 10.3. The van der Waals surface area contributed by atoms with E-state index in [0.29, 0.717) is 23.4 Å². The molecule has 1 aromatic heterocycles. The Morgan fingerprint density at radius 3 is 2.65 bits per heavy atom. The van der Waals surface area contributed by atoms with Gasteiger partial charge in [-0.1, -0.05) is 24.3 Å². The van der Waals surface area contributed by atoms with E-state index in [9.17, 15) is 4.79 Å². The van der Waals surface area contributed by atoms with Crippen molar-refractivity contribution < 1.29 is 4.42 Å². The van der Waals surface area contributed by atoms with E-state index in [1.807, 2.05) is 31.2 Å². The van der Waals surface area contributed by atoms with Crippen LogP contribution >= 0.6 is 11.6 Å². The predicted octanol–water partition coefficient (Wildman–Crippen LogP) is 3.40. The topological polar surface area (TPSA) is 30.2 Å². The molecule has 2 rings (SSSR count). The van der Waals surface area contributed by atoms with Gasteiger partial charge in [0.1, 0.15) is 6.26 Å². The highest BCUT2D eigenvalue weighted by molar-refractivity contribution is 6.17. The van der Waals surface area contributed by atoms with Crippen LogP contribution in [0.1, 0.15) is 11.1 Å². The molecule has 88 valence electrons. The van der Waals surface area contributed by atoms with Crippen LogP contribution in [0.2, 0.25) is 0 Å². The van der Waals surface area contributed by atoms with Gasteiger partial charge in [-0.25, -0.2) is 0 Å². The third-order valence-electron chi connectivity index (χ3n) is 2.73. The minimum Gasteiger partial charge on any atom is -0.471 e. The molecule has 3 heteroatoms. The fraction of sp³-hybridized carbons (Fsp3) is 0.214. The molecule has 0 fully saturated rings. The first-order chi connectivity index (χ1) is 8.24. The Morgan fingerprint density at radius 2 is 1.94 bits per heavy atom. The van der Waals surface area contributed by atoms with E-state index in [1.54, 1.807) is 0 Å². The Morgan fingerprint density at radius 1 is 1.18 bits per heavy atom. The average molecular weight is 249 g/mol. The molecule has 0 atom stereocenters.